The van der Waals surface area contributed by atoms with E-state index in [9.17, 15) is 14.4 Å². The Morgan fingerprint density at radius 1 is 0.931 bits per heavy atom. The number of rotatable bonds is 6. The highest BCUT2D eigenvalue weighted by molar-refractivity contribution is 9.10. The van der Waals surface area contributed by atoms with Crippen molar-refractivity contribution in [3.05, 3.63) is 58.6 Å². The molecule has 1 saturated heterocycles. The zero-order valence-electron chi connectivity index (χ0n) is 15.9. The third-order valence-corrected chi connectivity index (χ3v) is 5.05. The fourth-order valence-corrected chi connectivity index (χ4v) is 3.32. The van der Waals surface area contributed by atoms with E-state index in [1.165, 1.54) is 0 Å². The summed E-state index contributed by atoms with van der Waals surface area (Å²) >= 11 is 3.33. The molecule has 0 atom stereocenters. The van der Waals surface area contributed by atoms with Gasteiger partial charge in [-0.05, 0) is 55.3 Å². The average Bonchev–Trinajstić information content (AvgIpc) is 3.24. The molecule has 2 aromatic rings. The van der Waals surface area contributed by atoms with Gasteiger partial charge in [-0.3, -0.25) is 9.59 Å². The molecule has 0 radical (unpaired) electrons. The first-order valence-corrected chi connectivity index (χ1v) is 10.3. The molecule has 0 aromatic heterocycles. The third kappa shape index (κ3) is 6.32. The molecule has 7 nitrogen and oxygen atoms in total. The molecular formula is C21H23BrN4O3. The molecule has 0 aliphatic carbocycles. The molecule has 1 heterocycles. The molecule has 0 saturated carbocycles. The van der Waals surface area contributed by atoms with E-state index in [1.807, 2.05) is 17.0 Å². The van der Waals surface area contributed by atoms with E-state index in [-0.39, 0.29) is 30.8 Å². The van der Waals surface area contributed by atoms with Gasteiger partial charge >= 0.3 is 6.03 Å². The fraction of sp³-hybridized carbons (Fsp3) is 0.286. The SMILES string of the molecule is O=C(CCNC(=O)Nc1ccc(Br)cc1)Nc1cccc(C(=O)N2CCCC2)c1. The minimum absolute atomic E-state index is 0.00937. The molecule has 4 amide bonds. The molecule has 0 unspecified atom stereocenters. The summed E-state index contributed by atoms with van der Waals surface area (Å²) in [7, 11) is 0. The van der Waals surface area contributed by atoms with Crippen LogP contribution in [0.5, 0.6) is 0 Å². The zero-order valence-corrected chi connectivity index (χ0v) is 17.5. The van der Waals surface area contributed by atoms with E-state index >= 15 is 0 Å². The molecule has 152 valence electrons. The molecule has 1 aliphatic rings. The van der Waals surface area contributed by atoms with Gasteiger partial charge in [-0.15, -0.1) is 0 Å². The van der Waals surface area contributed by atoms with E-state index in [0.29, 0.717) is 16.9 Å². The summed E-state index contributed by atoms with van der Waals surface area (Å²) in [6, 6.07) is 13.8. The normalized spacial score (nSPS) is 13.1. The van der Waals surface area contributed by atoms with Crippen molar-refractivity contribution in [3.8, 4) is 0 Å². The number of halogens is 1. The smallest absolute Gasteiger partial charge is 0.319 e. The Morgan fingerprint density at radius 2 is 1.66 bits per heavy atom. The van der Waals surface area contributed by atoms with Gasteiger partial charge in [0.15, 0.2) is 0 Å². The molecule has 1 aliphatic heterocycles. The first-order valence-electron chi connectivity index (χ1n) is 9.51. The number of amides is 4. The molecule has 0 spiro atoms. The lowest BCUT2D eigenvalue weighted by atomic mass is 10.1. The van der Waals surface area contributed by atoms with Gasteiger partial charge in [0, 0.05) is 47.5 Å². The van der Waals surface area contributed by atoms with Crippen molar-refractivity contribution in [1.82, 2.24) is 10.2 Å². The molecule has 0 bridgehead atoms. The molecule has 8 heteroatoms. The van der Waals surface area contributed by atoms with Gasteiger partial charge in [-0.25, -0.2) is 4.79 Å². The van der Waals surface area contributed by atoms with Crippen LogP contribution in [0.2, 0.25) is 0 Å². The second-order valence-corrected chi connectivity index (χ2v) is 7.68. The van der Waals surface area contributed by atoms with Crippen molar-refractivity contribution < 1.29 is 14.4 Å². The Hall–Kier alpha value is -2.87. The average molecular weight is 459 g/mol. The summed E-state index contributed by atoms with van der Waals surface area (Å²) in [6.07, 6.45) is 2.19. The Kier molecular flexibility index (Phi) is 7.24. The number of nitrogens with zero attached hydrogens (tertiary/aromatic N) is 1. The summed E-state index contributed by atoms with van der Waals surface area (Å²) in [4.78, 5) is 38.3. The van der Waals surface area contributed by atoms with Gasteiger partial charge < -0.3 is 20.9 Å². The maximum Gasteiger partial charge on any atom is 0.319 e. The van der Waals surface area contributed by atoms with Gasteiger partial charge in [0.05, 0.1) is 0 Å². The second-order valence-electron chi connectivity index (χ2n) is 6.77. The Bertz CT molecular complexity index is 880. The van der Waals surface area contributed by atoms with Crippen molar-refractivity contribution >= 4 is 45.2 Å². The molecule has 2 aromatic carbocycles. The Labute approximate surface area is 178 Å². The quantitative estimate of drug-likeness (QED) is 0.613. The first-order chi connectivity index (χ1) is 14.0. The summed E-state index contributed by atoms with van der Waals surface area (Å²) in [6.45, 7) is 1.76. The number of benzene rings is 2. The number of carbonyl (C=O) groups excluding carboxylic acids is 3. The molecule has 1 fully saturated rings. The topological polar surface area (TPSA) is 90.5 Å². The van der Waals surface area contributed by atoms with Crippen molar-refractivity contribution in [2.24, 2.45) is 0 Å². The van der Waals surface area contributed by atoms with Crippen molar-refractivity contribution in [3.63, 3.8) is 0 Å². The number of hydrogen-bond acceptors (Lipinski definition) is 3. The number of carbonyl (C=O) groups is 3. The maximum atomic E-state index is 12.5. The van der Waals surface area contributed by atoms with E-state index in [4.69, 9.17) is 0 Å². The highest BCUT2D eigenvalue weighted by atomic mass is 79.9. The van der Waals surface area contributed by atoms with Crippen molar-refractivity contribution in [2.75, 3.05) is 30.3 Å². The highest BCUT2D eigenvalue weighted by Crippen LogP contribution is 2.17. The van der Waals surface area contributed by atoms with Crippen molar-refractivity contribution in [1.29, 1.82) is 0 Å². The second kappa shape index (κ2) is 10.1. The standard InChI is InChI=1S/C21H23BrN4O3/c22-16-6-8-17(9-7-16)25-21(29)23-11-10-19(27)24-18-5-3-4-15(14-18)20(28)26-12-1-2-13-26/h3-9,14H,1-2,10-13H2,(H,24,27)(H2,23,25,29). The van der Waals surface area contributed by atoms with Gasteiger partial charge in [0.25, 0.3) is 5.91 Å². The van der Waals surface area contributed by atoms with Gasteiger partial charge in [0.1, 0.15) is 0 Å². The number of likely N-dealkylation sites (tertiary alicyclic amines) is 1. The van der Waals surface area contributed by atoms with Crippen LogP contribution < -0.4 is 16.0 Å². The van der Waals surface area contributed by atoms with E-state index in [1.54, 1.807) is 36.4 Å². The number of nitrogens with one attached hydrogen (secondary N) is 3. The predicted octanol–water partition coefficient (Wildman–Crippen LogP) is 3.84. The maximum absolute atomic E-state index is 12.5. The number of anilines is 2. The molecule has 3 N–H and O–H groups in total. The van der Waals surface area contributed by atoms with E-state index < -0.39 is 0 Å². The first kappa shape index (κ1) is 20.9. The van der Waals surface area contributed by atoms with Crippen LogP contribution in [0.3, 0.4) is 0 Å². The van der Waals surface area contributed by atoms with Crippen LogP contribution >= 0.6 is 15.9 Å². The van der Waals surface area contributed by atoms with Gasteiger partial charge in [-0.2, -0.15) is 0 Å². The zero-order chi connectivity index (χ0) is 20.6. The van der Waals surface area contributed by atoms with Crippen LogP contribution in [0.4, 0.5) is 16.2 Å². The predicted molar refractivity (Wildman–Crippen MR) is 116 cm³/mol. The fourth-order valence-electron chi connectivity index (χ4n) is 3.05. The van der Waals surface area contributed by atoms with Crippen LogP contribution in [0.25, 0.3) is 0 Å². The van der Waals surface area contributed by atoms with Gasteiger partial charge in [0.2, 0.25) is 5.91 Å². The molecule has 29 heavy (non-hydrogen) atoms. The van der Waals surface area contributed by atoms with Crippen LogP contribution in [-0.2, 0) is 4.79 Å². The monoisotopic (exact) mass is 458 g/mol. The summed E-state index contributed by atoms with van der Waals surface area (Å²) in [5.74, 6) is -0.246. The molecule has 3 rings (SSSR count). The third-order valence-electron chi connectivity index (χ3n) is 4.53. The van der Waals surface area contributed by atoms with Gasteiger partial charge in [-0.1, -0.05) is 22.0 Å². The van der Waals surface area contributed by atoms with Crippen LogP contribution in [0.15, 0.2) is 53.0 Å². The van der Waals surface area contributed by atoms with Crippen LogP contribution in [0, 0.1) is 0 Å². The van der Waals surface area contributed by atoms with Crippen molar-refractivity contribution in [2.45, 2.75) is 19.3 Å². The minimum Gasteiger partial charge on any atom is -0.339 e. The number of urea groups is 1. The van der Waals surface area contributed by atoms with Crippen LogP contribution in [0.1, 0.15) is 29.6 Å². The summed E-state index contributed by atoms with van der Waals surface area (Å²) in [5, 5.41) is 8.11. The number of hydrogen-bond donors (Lipinski definition) is 3. The minimum atomic E-state index is -0.377. The molecular weight excluding hydrogens is 436 g/mol. The Balaban J connectivity index is 1.43. The highest BCUT2D eigenvalue weighted by Gasteiger charge is 2.19. The van der Waals surface area contributed by atoms with E-state index in [0.717, 1.165) is 30.4 Å². The lowest BCUT2D eigenvalue weighted by Crippen LogP contribution is -2.31. The summed E-state index contributed by atoms with van der Waals surface area (Å²) < 4.78 is 0.923. The summed E-state index contributed by atoms with van der Waals surface area (Å²) in [5.41, 5.74) is 1.80. The van der Waals surface area contributed by atoms with Crippen LogP contribution in [-0.4, -0.2) is 42.4 Å². The lowest BCUT2D eigenvalue weighted by molar-refractivity contribution is -0.116. The Morgan fingerprint density at radius 3 is 2.38 bits per heavy atom. The lowest BCUT2D eigenvalue weighted by Gasteiger charge is -2.15. The largest absolute Gasteiger partial charge is 0.339 e. The van der Waals surface area contributed by atoms with E-state index in [2.05, 4.69) is 31.9 Å².